The van der Waals surface area contributed by atoms with E-state index in [0.717, 1.165) is 49.8 Å². The quantitative estimate of drug-likeness (QED) is 0.282. The average Bonchev–Trinajstić information content (AvgIpc) is 3.39. The number of nitrogens with zero attached hydrogens (tertiary/aromatic N) is 3. The number of para-hydroxylation sites is 1. The molecular formula is C30H22BrN3OS. The maximum Gasteiger partial charge on any atom is 0.271 e. The van der Waals surface area contributed by atoms with E-state index in [1.54, 1.807) is 0 Å². The Balaban J connectivity index is 1.50. The Kier molecular flexibility index (Phi) is 5.01. The Morgan fingerprint density at radius 1 is 1.00 bits per heavy atom. The molecule has 0 spiro atoms. The van der Waals surface area contributed by atoms with Gasteiger partial charge in [-0.25, -0.2) is 4.99 Å². The number of aromatic nitrogens is 2. The Morgan fingerprint density at radius 3 is 2.64 bits per heavy atom. The van der Waals surface area contributed by atoms with Crippen LogP contribution in [0.2, 0.25) is 0 Å². The minimum Gasteiger partial charge on any atom is -0.350 e. The molecule has 1 aliphatic heterocycles. The molecule has 5 aromatic rings. The van der Waals surface area contributed by atoms with Crippen molar-refractivity contribution in [1.82, 2.24) is 9.13 Å². The number of allylic oxidation sites excluding steroid dienone is 1. The first-order chi connectivity index (χ1) is 17.6. The molecule has 2 aromatic heterocycles. The summed E-state index contributed by atoms with van der Waals surface area (Å²) < 4.78 is 5.76. The fourth-order valence-electron chi connectivity index (χ4n) is 5.60. The zero-order chi connectivity index (χ0) is 24.4. The summed E-state index contributed by atoms with van der Waals surface area (Å²) in [5.74, 6) is 0. The van der Waals surface area contributed by atoms with Crippen LogP contribution in [0.25, 0.3) is 22.7 Å². The summed E-state index contributed by atoms with van der Waals surface area (Å²) in [7, 11) is 2.04. The number of fused-ring (bicyclic) bond motifs is 4. The Morgan fingerprint density at radius 2 is 1.78 bits per heavy atom. The predicted molar refractivity (Wildman–Crippen MR) is 150 cm³/mol. The summed E-state index contributed by atoms with van der Waals surface area (Å²) >= 11 is 5.05. The average molecular weight is 552 g/mol. The molecule has 0 radical (unpaired) electrons. The molecule has 6 heteroatoms. The minimum atomic E-state index is -0.160. The van der Waals surface area contributed by atoms with E-state index in [1.807, 2.05) is 29.8 Å². The monoisotopic (exact) mass is 551 g/mol. The highest BCUT2D eigenvalue weighted by Gasteiger charge is 2.32. The molecule has 1 atom stereocenters. The van der Waals surface area contributed by atoms with E-state index in [0.29, 0.717) is 4.53 Å². The van der Waals surface area contributed by atoms with Crippen molar-refractivity contribution in [2.75, 3.05) is 0 Å². The van der Waals surface area contributed by atoms with Crippen molar-refractivity contribution in [3.63, 3.8) is 0 Å². The normalized spacial score (nSPS) is 17.1. The fraction of sp³-hybridized carbons (Fsp3) is 0.133. The summed E-state index contributed by atoms with van der Waals surface area (Å²) in [6.07, 6.45) is 5.97. The minimum absolute atomic E-state index is 0.0185. The molecule has 7 rings (SSSR count). The molecule has 0 saturated heterocycles. The van der Waals surface area contributed by atoms with Gasteiger partial charge in [0.1, 0.15) is 0 Å². The first-order valence-electron chi connectivity index (χ1n) is 12.0. The van der Waals surface area contributed by atoms with E-state index in [2.05, 4.69) is 87.4 Å². The largest absolute Gasteiger partial charge is 0.350 e. The van der Waals surface area contributed by atoms with Crippen LogP contribution in [-0.2, 0) is 13.5 Å². The highest BCUT2D eigenvalue weighted by molar-refractivity contribution is 9.10. The first kappa shape index (κ1) is 21.8. The van der Waals surface area contributed by atoms with Crippen LogP contribution in [0.15, 0.2) is 98.8 Å². The van der Waals surface area contributed by atoms with Crippen LogP contribution in [0.1, 0.15) is 34.7 Å². The third kappa shape index (κ3) is 3.32. The van der Waals surface area contributed by atoms with E-state index < -0.39 is 0 Å². The maximum absolute atomic E-state index is 14.0. The van der Waals surface area contributed by atoms with Crippen LogP contribution < -0.4 is 14.9 Å². The third-order valence-corrected chi connectivity index (χ3v) is 8.78. The topological polar surface area (TPSA) is 39.3 Å². The second kappa shape index (κ2) is 8.29. The van der Waals surface area contributed by atoms with Crippen LogP contribution >= 0.6 is 27.3 Å². The lowest BCUT2D eigenvalue weighted by atomic mass is 9.83. The van der Waals surface area contributed by atoms with Crippen LogP contribution in [-0.4, -0.2) is 9.13 Å². The van der Waals surface area contributed by atoms with Gasteiger partial charge in [-0.1, -0.05) is 81.9 Å². The molecule has 1 unspecified atom stereocenters. The zero-order valence-corrected chi connectivity index (χ0v) is 22.0. The molecule has 4 nitrogen and oxygen atoms in total. The van der Waals surface area contributed by atoms with Gasteiger partial charge in [0.2, 0.25) is 0 Å². The summed E-state index contributed by atoms with van der Waals surface area (Å²) in [4.78, 5) is 19.9. The lowest BCUT2D eigenvalue weighted by Crippen LogP contribution is -2.38. The SMILES string of the molecule is Cn1cc(/C=c2\sc3n(c2=O)C(c2ccc(Br)cc2)C2=C(N=3)c3ccccc3CC2)c2ccccc21. The van der Waals surface area contributed by atoms with Crippen molar-refractivity contribution >= 4 is 49.9 Å². The molecule has 0 amide bonds. The van der Waals surface area contributed by atoms with Gasteiger partial charge >= 0.3 is 0 Å². The molecule has 2 aliphatic rings. The lowest BCUT2D eigenvalue weighted by molar-refractivity contribution is 0.585. The second-order valence-corrected chi connectivity index (χ2v) is 11.3. The van der Waals surface area contributed by atoms with E-state index in [4.69, 9.17) is 4.99 Å². The van der Waals surface area contributed by atoms with Crippen LogP contribution in [0.5, 0.6) is 0 Å². The van der Waals surface area contributed by atoms with Crippen LogP contribution in [0.3, 0.4) is 0 Å². The molecule has 3 aromatic carbocycles. The van der Waals surface area contributed by atoms with Crippen LogP contribution in [0, 0.1) is 0 Å². The summed E-state index contributed by atoms with van der Waals surface area (Å²) in [5.41, 5.74) is 8.09. The highest BCUT2D eigenvalue weighted by atomic mass is 79.9. The second-order valence-electron chi connectivity index (χ2n) is 9.38. The summed E-state index contributed by atoms with van der Waals surface area (Å²) in [5, 5.41) is 1.14. The summed E-state index contributed by atoms with van der Waals surface area (Å²) in [6, 6.07) is 25.0. The third-order valence-electron chi connectivity index (χ3n) is 7.27. The number of rotatable bonds is 2. The van der Waals surface area contributed by atoms with Gasteiger partial charge in [-0.2, -0.15) is 0 Å². The molecular weight excluding hydrogens is 530 g/mol. The van der Waals surface area contributed by atoms with Gasteiger partial charge < -0.3 is 4.57 Å². The standard InChI is InChI=1S/C30H22BrN3OS/c1-33-17-20(22-7-4-5-9-25(22)33)16-26-29(35)34-28(19-10-13-21(31)14-11-19)24-15-12-18-6-2-3-8-23(18)27(24)32-30(34)36-26/h2-11,13-14,16-17,28H,12,15H2,1H3/b26-16-. The van der Waals surface area contributed by atoms with E-state index in [-0.39, 0.29) is 11.6 Å². The van der Waals surface area contributed by atoms with Gasteiger partial charge in [0.25, 0.3) is 5.56 Å². The molecule has 0 fully saturated rings. The Bertz CT molecular complexity index is 1890. The number of halogens is 1. The smallest absolute Gasteiger partial charge is 0.271 e. The molecule has 176 valence electrons. The van der Waals surface area contributed by atoms with E-state index in [9.17, 15) is 4.79 Å². The van der Waals surface area contributed by atoms with Gasteiger partial charge in [-0.3, -0.25) is 9.36 Å². The van der Waals surface area contributed by atoms with Crippen molar-refractivity contribution < 1.29 is 0 Å². The van der Waals surface area contributed by atoms with Crippen LogP contribution in [0.4, 0.5) is 0 Å². The number of hydrogen-bond acceptors (Lipinski definition) is 3. The fourth-order valence-corrected chi connectivity index (χ4v) is 6.85. The van der Waals surface area contributed by atoms with Crippen molar-refractivity contribution in [1.29, 1.82) is 0 Å². The molecule has 0 N–H and O–H groups in total. The number of benzene rings is 3. The van der Waals surface area contributed by atoms with Crippen molar-refractivity contribution in [2.24, 2.45) is 12.0 Å². The molecule has 0 saturated carbocycles. The Hall–Kier alpha value is -3.48. The predicted octanol–water partition coefficient (Wildman–Crippen LogP) is 5.57. The van der Waals surface area contributed by atoms with Crippen molar-refractivity contribution in [2.45, 2.75) is 18.9 Å². The lowest BCUT2D eigenvalue weighted by Gasteiger charge is -2.30. The molecule has 1 aliphatic carbocycles. The maximum atomic E-state index is 14.0. The first-order valence-corrected chi connectivity index (χ1v) is 13.6. The van der Waals surface area contributed by atoms with Gasteiger partial charge in [0.15, 0.2) is 4.80 Å². The number of aryl methyl sites for hydroxylation is 2. The molecule has 3 heterocycles. The Labute approximate surface area is 220 Å². The number of hydrogen-bond donors (Lipinski definition) is 0. The molecule has 36 heavy (non-hydrogen) atoms. The van der Waals surface area contributed by atoms with Gasteiger partial charge in [0, 0.05) is 39.7 Å². The van der Waals surface area contributed by atoms with Gasteiger partial charge in [-0.05, 0) is 53.8 Å². The van der Waals surface area contributed by atoms with E-state index >= 15 is 0 Å². The van der Waals surface area contributed by atoms with Crippen molar-refractivity contribution in [3.8, 4) is 0 Å². The van der Waals surface area contributed by atoms with E-state index in [1.165, 1.54) is 28.0 Å². The zero-order valence-electron chi connectivity index (χ0n) is 19.6. The number of thiazole rings is 1. The molecule has 0 bridgehead atoms. The van der Waals surface area contributed by atoms with Gasteiger partial charge in [-0.15, -0.1) is 0 Å². The highest BCUT2D eigenvalue weighted by Crippen LogP contribution is 2.41. The van der Waals surface area contributed by atoms with Gasteiger partial charge in [0.05, 0.1) is 16.3 Å². The summed E-state index contributed by atoms with van der Waals surface area (Å²) in [6.45, 7) is 0. The van der Waals surface area contributed by atoms with Crippen molar-refractivity contribution in [3.05, 3.63) is 131 Å².